The Morgan fingerprint density at radius 1 is 1.25 bits per heavy atom. The van der Waals surface area contributed by atoms with Gasteiger partial charge in [-0.25, -0.2) is 9.79 Å². The minimum absolute atomic E-state index is 0.345. The Labute approximate surface area is 121 Å². The summed E-state index contributed by atoms with van der Waals surface area (Å²) in [7, 11) is 0. The molecule has 1 aromatic heterocycles. The van der Waals surface area contributed by atoms with Gasteiger partial charge in [0.2, 0.25) is 5.90 Å². The van der Waals surface area contributed by atoms with Crippen LogP contribution in [-0.2, 0) is 16.0 Å². The number of aryl methyl sites for hydroxylation is 1. The Morgan fingerprint density at radius 2 is 2.05 bits per heavy atom. The predicted octanol–water partition coefficient (Wildman–Crippen LogP) is 3.66. The number of nitrogens with zero attached hydrogens (tertiary/aromatic N) is 1. The largest absolute Gasteiger partial charge is 0.401 e. The highest BCUT2D eigenvalue weighted by molar-refractivity contribution is 7.12. The molecule has 0 spiro atoms. The molecule has 20 heavy (non-hydrogen) atoms. The van der Waals surface area contributed by atoms with Crippen molar-refractivity contribution in [1.29, 1.82) is 0 Å². The first kappa shape index (κ1) is 12.8. The fourth-order valence-corrected chi connectivity index (χ4v) is 2.57. The number of aliphatic imine (C=N–C) groups is 1. The van der Waals surface area contributed by atoms with E-state index in [0.29, 0.717) is 11.6 Å². The van der Waals surface area contributed by atoms with Gasteiger partial charge in [-0.05, 0) is 35.1 Å². The van der Waals surface area contributed by atoms with Gasteiger partial charge >= 0.3 is 5.97 Å². The average molecular weight is 283 g/mol. The zero-order chi connectivity index (χ0) is 13.9. The lowest BCUT2D eigenvalue weighted by atomic mass is 10.1. The lowest BCUT2D eigenvalue weighted by molar-refractivity contribution is -0.129. The molecule has 0 unspecified atom stereocenters. The first-order valence-corrected chi connectivity index (χ1v) is 7.29. The third-order valence-electron chi connectivity index (χ3n) is 3.04. The van der Waals surface area contributed by atoms with Gasteiger partial charge in [-0.2, -0.15) is 0 Å². The van der Waals surface area contributed by atoms with Crippen LogP contribution in [0, 0.1) is 0 Å². The summed E-state index contributed by atoms with van der Waals surface area (Å²) < 4.78 is 5.19. The van der Waals surface area contributed by atoms with Gasteiger partial charge in [-0.15, -0.1) is 11.3 Å². The summed E-state index contributed by atoms with van der Waals surface area (Å²) in [4.78, 5) is 16.9. The fraction of sp³-hybridized carbons (Fsp3) is 0.125. The zero-order valence-electron chi connectivity index (χ0n) is 11.0. The molecule has 100 valence electrons. The smallest absolute Gasteiger partial charge is 0.363 e. The second-order valence-corrected chi connectivity index (χ2v) is 5.36. The SMILES string of the molecule is CCc1ccc(/C=C2\N=C(c3cccs3)OC2=O)cc1. The molecule has 3 nitrogen and oxygen atoms in total. The number of thiophene rings is 1. The Hall–Kier alpha value is -2.20. The Morgan fingerprint density at radius 3 is 2.70 bits per heavy atom. The fourth-order valence-electron chi connectivity index (χ4n) is 1.92. The molecule has 3 rings (SSSR count). The van der Waals surface area contributed by atoms with Crippen LogP contribution in [-0.4, -0.2) is 11.9 Å². The van der Waals surface area contributed by atoms with Gasteiger partial charge in [-0.1, -0.05) is 37.3 Å². The number of hydrogen-bond donors (Lipinski definition) is 0. The van der Waals surface area contributed by atoms with E-state index in [2.05, 4.69) is 24.0 Å². The Balaban J connectivity index is 1.88. The molecule has 0 radical (unpaired) electrons. The molecule has 0 saturated carbocycles. The Bertz CT molecular complexity index is 682. The summed E-state index contributed by atoms with van der Waals surface area (Å²) in [5.74, 6) is -0.00519. The van der Waals surface area contributed by atoms with Gasteiger partial charge in [0.25, 0.3) is 0 Å². The highest BCUT2D eigenvalue weighted by Crippen LogP contribution is 2.21. The second-order valence-electron chi connectivity index (χ2n) is 4.41. The number of benzene rings is 1. The lowest BCUT2D eigenvalue weighted by Crippen LogP contribution is -2.03. The van der Waals surface area contributed by atoms with E-state index >= 15 is 0 Å². The van der Waals surface area contributed by atoms with E-state index in [1.54, 1.807) is 6.08 Å². The molecule has 2 aromatic rings. The summed E-state index contributed by atoms with van der Waals surface area (Å²) in [5, 5.41) is 1.93. The van der Waals surface area contributed by atoms with Crippen molar-refractivity contribution in [3.8, 4) is 0 Å². The molecule has 0 bridgehead atoms. The maximum Gasteiger partial charge on any atom is 0.363 e. The molecule has 0 N–H and O–H groups in total. The normalized spacial score (nSPS) is 16.4. The van der Waals surface area contributed by atoms with E-state index < -0.39 is 5.97 Å². The van der Waals surface area contributed by atoms with Gasteiger partial charge in [0, 0.05) is 0 Å². The highest BCUT2D eigenvalue weighted by atomic mass is 32.1. The van der Waals surface area contributed by atoms with Crippen LogP contribution < -0.4 is 0 Å². The summed E-state index contributed by atoms with van der Waals surface area (Å²) in [5.41, 5.74) is 2.56. The molecule has 1 aliphatic heterocycles. The van der Waals surface area contributed by atoms with Crippen molar-refractivity contribution in [2.75, 3.05) is 0 Å². The third-order valence-corrected chi connectivity index (χ3v) is 3.90. The summed E-state index contributed by atoms with van der Waals surface area (Å²) >= 11 is 1.50. The maximum atomic E-state index is 11.8. The van der Waals surface area contributed by atoms with Crippen LogP contribution in [0.5, 0.6) is 0 Å². The third kappa shape index (κ3) is 2.56. The molecule has 0 atom stereocenters. The topological polar surface area (TPSA) is 38.7 Å². The molecule has 0 saturated heterocycles. The van der Waals surface area contributed by atoms with E-state index in [9.17, 15) is 4.79 Å². The molecular formula is C16H13NO2S. The number of cyclic esters (lactones) is 1. The number of hydrogen-bond acceptors (Lipinski definition) is 4. The van der Waals surface area contributed by atoms with E-state index in [1.807, 2.05) is 29.6 Å². The maximum absolute atomic E-state index is 11.8. The number of ether oxygens (including phenoxy) is 1. The van der Waals surface area contributed by atoms with Gasteiger partial charge in [0.1, 0.15) is 0 Å². The molecule has 0 amide bonds. The van der Waals surface area contributed by atoms with Crippen molar-refractivity contribution in [2.45, 2.75) is 13.3 Å². The highest BCUT2D eigenvalue weighted by Gasteiger charge is 2.24. The van der Waals surface area contributed by atoms with E-state index in [4.69, 9.17) is 4.74 Å². The summed E-state index contributed by atoms with van der Waals surface area (Å²) in [6, 6.07) is 11.9. The minimum Gasteiger partial charge on any atom is -0.401 e. The van der Waals surface area contributed by atoms with Gasteiger partial charge < -0.3 is 4.74 Å². The summed E-state index contributed by atoms with van der Waals surface area (Å²) in [6.45, 7) is 2.11. The van der Waals surface area contributed by atoms with Crippen LogP contribution in [0.4, 0.5) is 0 Å². The lowest BCUT2D eigenvalue weighted by Gasteiger charge is -1.97. The summed E-state index contributed by atoms with van der Waals surface area (Å²) in [6.07, 6.45) is 2.75. The molecule has 0 aliphatic carbocycles. The Kier molecular flexibility index (Phi) is 3.48. The standard InChI is InChI=1S/C16H13NO2S/c1-2-11-5-7-12(8-6-11)10-13-16(18)19-15(17-13)14-4-3-9-20-14/h3-10H,2H2,1H3/b13-10-. The van der Waals surface area contributed by atoms with Crippen LogP contribution in [0.15, 0.2) is 52.5 Å². The first-order chi connectivity index (χ1) is 9.76. The minimum atomic E-state index is -0.395. The monoisotopic (exact) mass is 283 g/mol. The van der Waals surface area contributed by atoms with Crippen molar-refractivity contribution in [3.63, 3.8) is 0 Å². The van der Waals surface area contributed by atoms with Crippen molar-refractivity contribution in [2.24, 2.45) is 4.99 Å². The van der Waals surface area contributed by atoms with Crippen molar-refractivity contribution in [1.82, 2.24) is 0 Å². The van der Waals surface area contributed by atoms with Crippen LogP contribution in [0.2, 0.25) is 0 Å². The van der Waals surface area contributed by atoms with Crippen molar-refractivity contribution < 1.29 is 9.53 Å². The molecule has 1 aromatic carbocycles. The number of carbonyl (C=O) groups excluding carboxylic acids is 1. The molecular weight excluding hydrogens is 270 g/mol. The predicted molar refractivity (Wildman–Crippen MR) is 80.7 cm³/mol. The number of carbonyl (C=O) groups is 1. The van der Waals surface area contributed by atoms with Gasteiger partial charge in [0.05, 0.1) is 4.88 Å². The van der Waals surface area contributed by atoms with Gasteiger partial charge in [0.15, 0.2) is 5.70 Å². The van der Waals surface area contributed by atoms with E-state index in [1.165, 1.54) is 16.9 Å². The molecule has 4 heteroatoms. The number of rotatable bonds is 3. The van der Waals surface area contributed by atoms with Crippen molar-refractivity contribution >= 4 is 29.3 Å². The van der Waals surface area contributed by atoms with Crippen LogP contribution in [0.1, 0.15) is 22.9 Å². The first-order valence-electron chi connectivity index (χ1n) is 6.41. The molecule has 2 heterocycles. The van der Waals surface area contributed by atoms with Crippen molar-refractivity contribution in [3.05, 3.63) is 63.5 Å². The quantitative estimate of drug-likeness (QED) is 0.637. The second kappa shape index (κ2) is 5.43. The average Bonchev–Trinajstić information content (AvgIpc) is 3.10. The molecule has 0 fully saturated rings. The van der Waals surface area contributed by atoms with E-state index in [-0.39, 0.29) is 0 Å². The van der Waals surface area contributed by atoms with Crippen LogP contribution >= 0.6 is 11.3 Å². The van der Waals surface area contributed by atoms with E-state index in [0.717, 1.165) is 16.9 Å². The zero-order valence-corrected chi connectivity index (χ0v) is 11.8. The molecule has 1 aliphatic rings. The van der Waals surface area contributed by atoms with Gasteiger partial charge in [-0.3, -0.25) is 0 Å². The van der Waals surface area contributed by atoms with Crippen LogP contribution in [0.25, 0.3) is 6.08 Å². The van der Waals surface area contributed by atoms with Crippen LogP contribution in [0.3, 0.4) is 0 Å². The number of esters is 1.